The largest absolute Gasteiger partial charge is 0.481 e. The fourth-order valence-corrected chi connectivity index (χ4v) is 2.25. The molecule has 0 saturated heterocycles. The maximum absolute atomic E-state index is 10.8. The highest BCUT2D eigenvalue weighted by Crippen LogP contribution is 2.29. The normalized spacial score (nSPS) is 20.6. The first-order chi connectivity index (χ1) is 6.59. The molecule has 2 heterocycles. The second-order valence-corrected chi connectivity index (χ2v) is 3.99. The summed E-state index contributed by atoms with van der Waals surface area (Å²) in [5, 5.41) is 9.52. The minimum atomic E-state index is -0.787. The van der Waals surface area contributed by atoms with Gasteiger partial charge in [-0.1, -0.05) is 11.6 Å². The van der Waals surface area contributed by atoms with E-state index in [9.17, 15) is 4.79 Å². The van der Waals surface area contributed by atoms with Crippen LogP contribution in [0.2, 0.25) is 10.4 Å². The van der Waals surface area contributed by atoms with Crippen molar-refractivity contribution in [3.05, 3.63) is 16.1 Å². The van der Waals surface area contributed by atoms with E-state index >= 15 is 0 Å². The number of carboxylic acids is 1. The van der Waals surface area contributed by atoms with E-state index in [1.165, 1.54) is 0 Å². The molecule has 6 heteroatoms. The lowest BCUT2D eigenvalue weighted by Gasteiger charge is -2.20. The molecule has 0 aliphatic carbocycles. The zero-order valence-corrected chi connectivity index (χ0v) is 8.72. The summed E-state index contributed by atoms with van der Waals surface area (Å²) < 4.78 is 1.77. The first-order valence-electron chi connectivity index (χ1n) is 4.23. The Morgan fingerprint density at radius 3 is 2.93 bits per heavy atom. The van der Waals surface area contributed by atoms with Gasteiger partial charge in [0, 0.05) is 13.0 Å². The number of rotatable bonds is 1. The Labute approximate surface area is 90.5 Å². The smallest absolute Gasteiger partial charge is 0.306 e. The van der Waals surface area contributed by atoms with Crippen LogP contribution in [0.3, 0.4) is 0 Å². The highest BCUT2D eigenvalue weighted by molar-refractivity contribution is 6.33. The molecule has 1 aliphatic heterocycles. The third-order valence-corrected chi connectivity index (χ3v) is 3.06. The summed E-state index contributed by atoms with van der Waals surface area (Å²) in [7, 11) is 0. The molecule has 0 radical (unpaired) electrons. The molecule has 2 rings (SSSR count). The van der Waals surface area contributed by atoms with Gasteiger partial charge in [-0.2, -0.15) is 0 Å². The van der Waals surface area contributed by atoms with E-state index in [1.807, 2.05) is 0 Å². The number of carboxylic acid groups (broad SMARTS) is 1. The van der Waals surface area contributed by atoms with Gasteiger partial charge in [-0.25, -0.2) is 4.98 Å². The number of imidazole rings is 1. The average molecular weight is 235 g/mol. The summed E-state index contributed by atoms with van der Waals surface area (Å²) in [5.41, 5.74) is 0.732. The van der Waals surface area contributed by atoms with Crippen molar-refractivity contribution in [3.63, 3.8) is 0 Å². The van der Waals surface area contributed by atoms with Crippen molar-refractivity contribution in [2.45, 2.75) is 19.4 Å². The predicted octanol–water partition coefficient (Wildman–Crippen LogP) is 1.84. The van der Waals surface area contributed by atoms with Crippen molar-refractivity contribution >= 4 is 29.2 Å². The molecular weight excluding hydrogens is 227 g/mol. The van der Waals surface area contributed by atoms with Crippen molar-refractivity contribution in [2.75, 3.05) is 0 Å². The van der Waals surface area contributed by atoms with Gasteiger partial charge in [-0.3, -0.25) is 4.79 Å². The number of hydrogen-bond donors (Lipinski definition) is 1. The fourth-order valence-electron chi connectivity index (χ4n) is 1.68. The van der Waals surface area contributed by atoms with Crippen molar-refractivity contribution < 1.29 is 9.90 Å². The van der Waals surface area contributed by atoms with Gasteiger partial charge < -0.3 is 9.67 Å². The van der Waals surface area contributed by atoms with Crippen molar-refractivity contribution in [1.82, 2.24) is 9.55 Å². The molecule has 0 spiro atoms. The maximum Gasteiger partial charge on any atom is 0.306 e. The number of nitrogens with zero attached hydrogens (tertiary/aromatic N) is 2. The van der Waals surface area contributed by atoms with Crippen LogP contribution >= 0.6 is 23.2 Å². The molecule has 1 atom stereocenters. The quantitative estimate of drug-likeness (QED) is 0.807. The molecule has 1 unspecified atom stereocenters. The van der Waals surface area contributed by atoms with Crippen LogP contribution in [0, 0.1) is 5.92 Å². The summed E-state index contributed by atoms with van der Waals surface area (Å²) in [6.07, 6.45) is 0.989. The van der Waals surface area contributed by atoms with E-state index in [-0.39, 0.29) is 5.92 Å². The third-order valence-electron chi connectivity index (χ3n) is 2.47. The third kappa shape index (κ3) is 1.48. The number of aliphatic carboxylic acids is 1. The fraction of sp³-hybridized carbons (Fsp3) is 0.500. The van der Waals surface area contributed by atoms with Gasteiger partial charge in [-0.15, -0.1) is 0 Å². The van der Waals surface area contributed by atoms with Gasteiger partial charge in [0.2, 0.25) is 5.28 Å². The van der Waals surface area contributed by atoms with Crippen LogP contribution < -0.4 is 0 Å². The Hall–Kier alpha value is -0.740. The highest BCUT2D eigenvalue weighted by atomic mass is 35.5. The van der Waals surface area contributed by atoms with Gasteiger partial charge in [-0.05, 0) is 18.0 Å². The van der Waals surface area contributed by atoms with Gasteiger partial charge in [0.15, 0.2) is 5.15 Å². The van der Waals surface area contributed by atoms with Crippen LogP contribution in [0.5, 0.6) is 0 Å². The summed E-state index contributed by atoms with van der Waals surface area (Å²) in [4.78, 5) is 14.7. The van der Waals surface area contributed by atoms with Crippen molar-refractivity contribution in [2.24, 2.45) is 5.92 Å². The van der Waals surface area contributed by atoms with Crippen LogP contribution in [0.1, 0.15) is 12.1 Å². The van der Waals surface area contributed by atoms with E-state index in [4.69, 9.17) is 28.3 Å². The molecule has 0 aromatic carbocycles. The summed E-state index contributed by atoms with van der Waals surface area (Å²) in [6.45, 7) is 0.574. The van der Waals surface area contributed by atoms with Gasteiger partial charge in [0.25, 0.3) is 0 Å². The molecule has 1 N–H and O–H groups in total. The molecule has 1 aliphatic rings. The predicted molar refractivity (Wildman–Crippen MR) is 51.7 cm³/mol. The second-order valence-electron chi connectivity index (χ2n) is 3.30. The zero-order valence-electron chi connectivity index (χ0n) is 7.20. The molecule has 1 aromatic heterocycles. The number of aromatic nitrogens is 2. The van der Waals surface area contributed by atoms with E-state index in [2.05, 4.69) is 4.98 Å². The van der Waals surface area contributed by atoms with E-state index in [0.29, 0.717) is 29.8 Å². The molecule has 0 fully saturated rings. The Balaban J connectivity index is 2.34. The molecule has 1 aromatic rings. The standard InChI is InChI=1S/C8H8Cl2N2O2/c9-6-5-3-4(7(13)14)1-2-12(5)8(10)11-6/h4H,1-3H2,(H,13,14). The highest BCUT2D eigenvalue weighted by Gasteiger charge is 2.28. The van der Waals surface area contributed by atoms with Crippen LogP contribution in [0.4, 0.5) is 0 Å². The second kappa shape index (κ2) is 3.44. The summed E-state index contributed by atoms with van der Waals surface area (Å²) in [6, 6.07) is 0. The van der Waals surface area contributed by atoms with Gasteiger partial charge in [0.1, 0.15) is 0 Å². The zero-order chi connectivity index (χ0) is 10.3. The number of hydrogen-bond acceptors (Lipinski definition) is 2. The van der Waals surface area contributed by atoms with Gasteiger partial charge in [0.05, 0.1) is 11.6 Å². The Bertz CT molecular complexity index is 389. The van der Waals surface area contributed by atoms with Crippen LogP contribution in [-0.2, 0) is 17.8 Å². The molecular formula is C8H8Cl2N2O2. The molecule has 0 saturated carbocycles. The first kappa shape index (κ1) is 9.80. The first-order valence-corrected chi connectivity index (χ1v) is 4.98. The minimum Gasteiger partial charge on any atom is -0.481 e. The van der Waals surface area contributed by atoms with Crippen molar-refractivity contribution in [3.8, 4) is 0 Å². The number of fused-ring (bicyclic) bond motifs is 1. The average Bonchev–Trinajstić information content (AvgIpc) is 2.42. The Morgan fingerprint density at radius 1 is 1.57 bits per heavy atom. The lowest BCUT2D eigenvalue weighted by atomic mass is 9.97. The van der Waals surface area contributed by atoms with E-state index in [0.717, 1.165) is 5.69 Å². The lowest BCUT2D eigenvalue weighted by Crippen LogP contribution is -2.25. The van der Waals surface area contributed by atoms with E-state index < -0.39 is 5.97 Å². The maximum atomic E-state index is 10.8. The van der Waals surface area contributed by atoms with Crippen LogP contribution in [-0.4, -0.2) is 20.6 Å². The molecule has 0 amide bonds. The SMILES string of the molecule is O=C(O)C1CCn2c(Cl)nc(Cl)c2C1. The monoisotopic (exact) mass is 234 g/mol. The molecule has 76 valence electrons. The van der Waals surface area contributed by atoms with Crippen molar-refractivity contribution in [1.29, 1.82) is 0 Å². The minimum absolute atomic E-state index is 0.320. The molecule has 0 bridgehead atoms. The van der Waals surface area contributed by atoms with Crippen LogP contribution in [0.25, 0.3) is 0 Å². The Kier molecular flexibility index (Phi) is 2.41. The number of carbonyl (C=O) groups is 1. The topological polar surface area (TPSA) is 55.1 Å². The van der Waals surface area contributed by atoms with Crippen LogP contribution in [0.15, 0.2) is 0 Å². The summed E-state index contributed by atoms with van der Waals surface area (Å²) >= 11 is 11.6. The Morgan fingerprint density at radius 2 is 2.29 bits per heavy atom. The van der Waals surface area contributed by atoms with Gasteiger partial charge >= 0.3 is 5.97 Å². The number of halogens is 2. The molecule has 4 nitrogen and oxygen atoms in total. The summed E-state index contributed by atoms with van der Waals surface area (Å²) in [5.74, 6) is -1.16. The molecule has 14 heavy (non-hydrogen) atoms. The lowest BCUT2D eigenvalue weighted by molar-refractivity contribution is -0.142. The van der Waals surface area contributed by atoms with E-state index in [1.54, 1.807) is 4.57 Å².